The predicted octanol–water partition coefficient (Wildman–Crippen LogP) is 2.18. The molecule has 0 aromatic heterocycles. The van der Waals surface area contributed by atoms with Crippen LogP contribution in [0.3, 0.4) is 0 Å². The van der Waals surface area contributed by atoms with E-state index < -0.39 is 46.6 Å². The first-order valence-electron chi connectivity index (χ1n) is 6.18. The third-order valence-electron chi connectivity index (χ3n) is 3.46. The van der Waals surface area contributed by atoms with Gasteiger partial charge in [-0.15, -0.1) is 0 Å². The number of halogens is 4. The fourth-order valence-corrected chi connectivity index (χ4v) is 2.23. The number of carboxylic acid groups (broad SMARTS) is 1. The van der Waals surface area contributed by atoms with Crippen molar-refractivity contribution in [3.63, 3.8) is 0 Å². The van der Waals surface area contributed by atoms with Gasteiger partial charge in [0.05, 0.1) is 11.5 Å². The number of amides is 1. The van der Waals surface area contributed by atoms with Crippen molar-refractivity contribution in [3.05, 3.63) is 34.9 Å². The van der Waals surface area contributed by atoms with Crippen molar-refractivity contribution in [2.24, 2.45) is 5.92 Å². The summed E-state index contributed by atoms with van der Waals surface area (Å²) in [6.07, 6.45) is 0.323. The number of likely N-dealkylation sites (tertiary alicyclic amines) is 1. The van der Waals surface area contributed by atoms with E-state index in [0.29, 0.717) is 6.07 Å². The summed E-state index contributed by atoms with van der Waals surface area (Å²) in [5.74, 6) is -10.0. The van der Waals surface area contributed by atoms with Gasteiger partial charge < -0.3 is 10.0 Å². The number of piperidine rings is 1. The van der Waals surface area contributed by atoms with Crippen molar-refractivity contribution in [1.29, 1.82) is 0 Å². The quantitative estimate of drug-likeness (QED) is 0.517. The van der Waals surface area contributed by atoms with Gasteiger partial charge in [-0.2, -0.15) is 0 Å². The fraction of sp³-hybridized carbons (Fsp3) is 0.385. The van der Waals surface area contributed by atoms with E-state index in [-0.39, 0.29) is 25.9 Å². The zero-order chi connectivity index (χ0) is 15.7. The number of aliphatic carboxylic acids is 1. The topological polar surface area (TPSA) is 57.6 Å². The minimum Gasteiger partial charge on any atom is -0.481 e. The molecule has 4 nitrogen and oxygen atoms in total. The third kappa shape index (κ3) is 2.84. The normalized spacial score (nSPS) is 16.1. The van der Waals surface area contributed by atoms with Crippen LogP contribution in [0.25, 0.3) is 0 Å². The Hall–Kier alpha value is -2.12. The highest BCUT2D eigenvalue weighted by Gasteiger charge is 2.30. The molecule has 0 saturated carbocycles. The minimum atomic E-state index is -2.04. The third-order valence-corrected chi connectivity index (χ3v) is 3.46. The van der Waals surface area contributed by atoms with Crippen LogP contribution in [0.5, 0.6) is 0 Å². The van der Waals surface area contributed by atoms with Gasteiger partial charge in [0.25, 0.3) is 5.91 Å². The Labute approximate surface area is 117 Å². The predicted molar refractivity (Wildman–Crippen MR) is 62.5 cm³/mol. The molecule has 114 valence electrons. The summed E-state index contributed by atoms with van der Waals surface area (Å²) in [4.78, 5) is 23.9. The zero-order valence-electron chi connectivity index (χ0n) is 10.7. The van der Waals surface area contributed by atoms with Crippen LogP contribution >= 0.6 is 0 Å². The molecule has 1 aliphatic rings. The number of hydrogen-bond donors (Lipinski definition) is 1. The van der Waals surface area contributed by atoms with Crippen LogP contribution in [-0.4, -0.2) is 35.0 Å². The van der Waals surface area contributed by atoms with E-state index in [1.165, 1.54) is 0 Å². The molecular weight excluding hydrogens is 294 g/mol. The standard InChI is InChI=1S/C13H11F4NO3/c14-8-5-7(9(15)11(17)10(8)16)12(19)18-3-1-6(2-4-18)13(20)21/h5-6H,1-4H2,(H,20,21). The van der Waals surface area contributed by atoms with E-state index in [1.807, 2.05) is 0 Å². The average Bonchev–Trinajstić information content (AvgIpc) is 2.48. The Morgan fingerprint density at radius 1 is 1.05 bits per heavy atom. The molecule has 0 spiro atoms. The van der Waals surface area contributed by atoms with Crippen LogP contribution in [0.2, 0.25) is 0 Å². The number of carbonyl (C=O) groups excluding carboxylic acids is 1. The lowest BCUT2D eigenvalue weighted by Gasteiger charge is -2.30. The summed E-state index contributed by atoms with van der Waals surface area (Å²) in [6.45, 7) is 0.0473. The van der Waals surface area contributed by atoms with Gasteiger partial charge in [-0.1, -0.05) is 0 Å². The highest BCUT2D eigenvalue weighted by molar-refractivity contribution is 5.94. The lowest BCUT2D eigenvalue weighted by molar-refractivity contribution is -0.143. The second-order valence-electron chi connectivity index (χ2n) is 4.75. The molecule has 0 atom stereocenters. The molecule has 0 unspecified atom stereocenters. The number of rotatable bonds is 2. The van der Waals surface area contributed by atoms with Crippen molar-refractivity contribution in [2.45, 2.75) is 12.8 Å². The van der Waals surface area contributed by atoms with E-state index >= 15 is 0 Å². The van der Waals surface area contributed by atoms with Crippen molar-refractivity contribution < 1.29 is 32.3 Å². The second kappa shape index (κ2) is 5.71. The van der Waals surface area contributed by atoms with Crippen LogP contribution < -0.4 is 0 Å². The molecule has 1 aromatic rings. The first-order valence-corrected chi connectivity index (χ1v) is 6.18. The number of hydrogen-bond acceptors (Lipinski definition) is 2. The second-order valence-corrected chi connectivity index (χ2v) is 4.75. The van der Waals surface area contributed by atoms with Gasteiger partial charge in [0.2, 0.25) is 0 Å². The van der Waals surface area contributed by atoms with Crippen LogP contribution in [0.4, 0.5) is 17.6 Å². The largest absolute Gasteiger partial charge is 0.481 e. The summed E-state index contributed by atoms with van der Waals surface area (Å²) in [7, 11) is 0. The zero-order valence-corrected chi connectivity index (χ0v) is 10.7. The van der Waals surface area contributed by atoms with Gasteiger partial charge in [0.1, 0.15) is 0 Å². The Morgan fingerprint density at radius 3 is 2.14 bits per heavy atom. The maximum atomic E-state index is 13.5. The molecule has 8 heteroatoms. The molecule has 1 amide bonds. The number of benzene rings is 1. The summed E-state index contributed by atoms with van der Waals surface area (Å²) < 4.78 is 52.6. The van der Waals surface area contributed by atoms with Gasteiger partial charge >= 0.3 is 5.97 Å². The maximum Gasteiger partial charge on any atom is 0.306 e. The summed E-state index contributed by atoms with van der Waals surface area (Å²) in [6, 6.07) is 0.305. The van der Waals surface area contributed by atoms with Gasteiger partial charge in [-0.05, 0) is 18.9 Å². The number of nitrogens with zero attached hydrogens (tertiary/aromatic N) is 1. The first kappa shape index (κ1) is 15.3. The smallest absolute Gasteiger partial charge is 0.306 e. The number of carbonyl (C=O) groups is 2. The van der Waals surface area contributed by atoms with E-state index in [2.05, 4.69) is 0 Å². The molecule has 1 fully saturated rings. The van der Waals surface area contributed by atoms with Gasteiger partial charge in [0.15, 0.2) is 23.3 Å². The van der Waals surface area contributed by atoms with Gasteiger partial charge in [0, 0.05) is 13.1 Å². The molecule has 21 heavy (non-hydrogen) atoms. The Balaban J connectivity index is 2.20. The van der Waals surface area contributed by atoms with Crippen molar-refractivity contribution in [3.8, 4) is 0 Å². The molecule has 0 aliphatic carbocycles. The van der Waals surface area contributed by atoms with Gasteiger partial charge in [-0.25, -0.2) is 17.6 Å². The molecule has 0 bridgehead atoms. The van der Waals surface area contributed by atoms with Crippen LogP contribution in [-0.2, 0) is 4.79 Å². The summed E-state index contributed by atoms with van der Waals surface area (Å²) >= 11 is 0. The molecular formula is C13H11F4NO3. The molecule has 1 aliphatic heterocycles. The van der Waals surface area contributed by atoms with Crippen LogP contribution in [0, 0.1) is 29.2 Å². The minimum absolute atomic E-state index is 0.0237. The highest BCUT2D eigenvalue weighted by Crippen LogP contribution is 2.23. The number of carboxylic acids is 1. The molecule has 1 heterocycles. The van der Waals surface area contributed by atoms with E-state index in [9.17, 15) is 27.2 Å². The molecule has 2 rings (SSSR count). The molecule has 1 aromatic carbocycles. The lowest BCUT2D eigenvalue weighted by Crippen LogP contribution is -2.40. The van der Waals surface area contributed by atoms with Crippen molar-refractivity contribution in [2.75, 3.05) is 13.1 Å². The van der Waals surface area contributed by atoms with E-state index in [0.717, 1.165) is 4.90 Å². The van der Waals surface area contributed by atoms with Crippen molar-refractivity contribution in [1.82, 2.24) is 4.90 Å². The summed E-state index contributed by atoms with van der Waals surface area (Å²) in [5.41, 5.74) is -0.903. The average molecular weight is 305 g/mol. The fourth-order valence-electron chi connectivity index (χ4n) is 2.23. The lowest BCUT2D eigenvalue weighted by atomic mass is 9.96. The van der Waals surface area contributed by atoms with E-state index in [4.69, 9.17) is 5.11 Å². The molecule has 1 saturated heterocycles. The van der Waals surface area contributed by atoms with Crippen molar-refractivity contribution >= 4 is 11.9 Å². The van der Waals surface area contributed by atoms with Gasteiger partial charge in [-0.3, -0.25) is 9.59 Å². The Morgan fingerprint density at radius 2 is 1.62 bits per heavy atom. The molecule has 1 N–H and O–H groups in total. The van der Waals surface area contributed by atoms with Crippen LogP contribution in [0.15, 0.2) is 6.07 Å². The van der Waals surface area contributed by atoms with Crippen LogP contribution in [0.1, 0.15) is 23.2 Å². The summed E-state index contributed by atoms with van der Waals surface area (Å²) in [5, 5.41) is 8.82. The first-order chi connectivity index (χ1) is 9.82. The SMILES string of the molecule is O=C(O)C1CCN(C(=O)c2cc(F)c(F)c(F)c2F)CC1. The monoisotopic (exact) mass is 305 g/mol. The Kier molecular flexibility index (Phi) is 4.15. The highest BCUT2D eigenvalue weighted by atomic mass is 19.2. The maximum absolute atomic E-state index is 13.5. The molecule has 0 radical (unpaired) electrons. The Bertz CT molecular complexity index is 598. The van der Waals surface area contributed by atoms with E-state index in [1.54, 1.807) is 0 Å².